The van der Waals surface area contributed by atoms with Crippen LogP contribution in [0.25, 0.3) is 10.9 Å². The van der Waals surface area contributed by atoms with Gasteiger partial charge >= 0.3 is 0 Å². The number of Topliss-reactive ketones (excluding diaryl/α,β-unsaturated/α-hetero) is 1. The summed E-state index contributed by atoms with van der Waals surface area (Å²) in [5.41, 5.74) is 1.54. The van der Waals surface area contributed by atoms with E-state index in [1.54, 1.807) is 13.1 Å². The monoisotopic (exact) mass is 407 g/mol. The van der Waals surface area contributed by atoms with E-state index in [4.69, 9.17) is 0 Å². The van der Waals surface area contributed by atoms with Crippen molar-refractivity contribution < 1.29 is 9.59 Å². The molecule has 0 spiro atoms. The predicted octanol–water partition coefficient (Wildman–Crippen LogP) is 3.90. The van der Waals surface area contributed by atoms with Crippen LogP contribution in [-0.2, 0) is 4.79 Å². The number of nitrogens with zero attached hydrogens (tertiary/aromatic N) is 4. The second kappa shape index (κ2) is 8.44. The van der Waals surface area contributed by atoms with Gasteiger partial charge in [0.05, 0.1) is 12.2 Å². The van der Waals surface area contributed by atoms with E-state index in [0.29, 0.717) is 18.0 Å². The molecule has 1 aliphatic heterocycles. The van der Waals surface area contributed by atoms with Gasteiger partial charge in [-0.3, -0.25) is 9.59 Å². The second-order valence-electron chi connectivity index (χ2n) is 8.13. The number of carbonyl (C=O) groups is 2. The number of aromatic nitrogens is 3. The van der Waals surface area contributed by atoms with Crippen molar-refractivity contribution in [3.05, 3.63) is 48.3 Å². The van der Waals surface area contributed by atoms with E-state index in [1.165, 1.54) is 0 Å². The summed E-state index contributed by atoms with van der Waals surface area (Å²) in [6.45, 7) is 5.60. The average Bonchev–Trinajstić information content (AvgIpc) is 3.35. The highest BCUT2D eigenvalue weighted by Crippen LogP contribution is 2.29. The molecule has 1 atom stereocenters. The second-order valence-corrected chi connectivity index (χ2v) is 8.13. The smallest absolute Gasteiger partial charge is 0.248 e. The fourth-order valence-corrected chi connectivity index (χ4v) is 4.40. The number of piperidine rings is 1. The molecule has 0 radical (unpaired) electrons. The molecule has 3 aromatic rings. The van der Waals surface area contributed by atoms with Crippen molar-refractivity contribution in [2.24, 2.45) is 0 Å². The van der Waals surface area contributed by atoms with Gasteiger partial charge in [0.1, 0.15) is 11.9 Å². The zero-order chi connectivity index (χ0) is 21.3. The molecule has 3 heterocycles. The lowest BCUT2D eigenvalue weighted by atomic mass is 10.1. The number of nitrogens with one attached hydrogen (secondary N) is 1. The lowest BCUT2D eigenvalue weighted by Gasteiger charge is -2.30. The van der Waals surface area contributed by atoms with Gasteiger partial charge in [0.2, 0.25) is 5.91 Å². The Bertz CT molecular complexity index is 1060. The number of rotatable bonds is 6. The normalized spacial score (nSPS) is 16.6. The molecule has 0 aliphatic carbocycles. The number of hydrogen-bond donors (Lipinski definition) is 1. The van der Waals surface area contributed by atoms with E-state index in [0.717, 1.165) is 42.7 Å². The molecule has 1 unspecified atom stereocenters. The van der Waals surface area contributed by atoms with E-state index < -0.39 is 6.04 Å². The van der Waals surface area contributed by atoms with Gasteiger partial charge in [-0.15, -0.1) is 0 Å². The highest BCUT2D eigenvalue weighted by molar-refractivity contribution is 6.07. The molecule has 1 aliphatic rings. The van der Waals surface area contributed by atoms with Crippen LogP contribution in [-0.4, -0.2) is 51.1 Å². The number of ketones is 1. The van der Waals surface area contributed by atoms with Gasteiger partial charge in [0.15, 0.2) is 5.78 Å². The lowest BCUT2D eigenvalue weighted by molar-refractivity contribution is -0.119. The van der Waals surface area contributed by atoms with Crippen LogP contribution in [0.2, 0.25) is 0 Å². The summed E-state index contributed by atoms with van der Waals surface area (Å²) >= 11 is 0. The van der Waals surface area contributed by atoms with Crippen LogP contribution in [0, 0.1) is 0 Å². The molecule has 0 saturated carbocycles. The van der Waals surface area contributed by atoms with E-state index in [-0.39, 0.29) is 11.7 Å². The third-order valence-corrected chi connectivity index (χ3v) is 6.10. The van der Waals surface area contributed by atoms with Crippen LogP contribution < -0.4 is 5.32 Å². The molecule has 1 saturated heterocycles. The minimum absolute atomic E-state index is 0.000513. The fraction of sp³-hybridized carbons (Fsp3) is 0.435. The first-order valence-electron chi connectivity index (χ1n) is 10.6. The largest absolute Gasteiger partial charge is 0.334 e. The number of hydrogen-bond acceptors (Lipinski definition) is 4. The molecule has 1 amide bonds. The Morgan fingerprint density at radius 1 is 1.20 bits per heavy atom. The van der Waals surface area contributed by atoms with Gasteiger partial charge in [-0.1, -0.05) is 25.1 Å². The number of anilines is 1. The van der Waals surface area contributed by atoms with Crippen molar-refractivity contribution in [2.45, 2.75) is 45.2 Å². The molecule has 30 heavy (non-hydrogen) atoms. The number of benzene rings is 1. The molecule has 1 aromatic carbocycles. The topological polar surface area (TPSA) is 72.2 Å². The van der Waals surface area contributed by atoms with Gasteiger partial charge in [-0.05, 0) is 52.4 Å². The SMILES string of the molecule is CCC(C(=O)Nc1ccnn1C1CCN(C)CC1)n1cc(C(C)=O)c2ccccc21. The quantitative estimate of drug-likeness (QED) is 0.629. The number of likely N-dealkylation sites (tertiary alicyclic amines) is 1. The molecule has 2 aromatic heterocycles. The Labute approximate surface area is 176 Å². The first kappa shape index (κ1) is 20.3. The van der Waals surface area contributed by atoms with E-state index in [9.17, 15) is 9.59 Å². The minimum Gasteiger partial charge on any atom is -0.334 e. The Kier molecular flexibility index (Phi) is 5.72. The van der Waals surface area contributed by atoms with Crippen molar-refractivity contribution >= 4 is 28.4 Å². The fourth-order valence-electron chi connectivity index (χ4n) is 4.40. The highest BCUT2D eigenvalue weighted by Gasteiger charge is 2.25. The maximum absolute atomic E-state index is 13.3. The van der Waals surface area contributed by atoms with Crippen LogP contribution in [0.3, 0.4) is 0 Å². The number of carbonyl (C=O) groups excluding carboxylic acids is 2. The first-order chi connectivity index (χ1) is 14.5. The summed E-state index contributed by atoms with van der Waals surface area (Å²) in [7, 11) is 2.13. The van der Waals surface area contributed by atoms with Crippen LogP contribution in [0.5, 0.6) is 0 Å². The highest BCUT2D eigenvalue weighted by atomic mass is 16.2. The standard InChI is InChI=1S/C23H29N5O2/c1-4-20(27-15-19(16(2)29)18-7-5-6-8-21(18)27)23(30)25-22-9-12-24-28(22)17-10-13-26(3)14-11-17/h5-9,12,15,17,20H,4,10-11,13-14H2,1-3H3,(H,25,30). The maximum atomic E-state index is 13.3. The van der Waals surface area contributed by atoms with Crippen molar-refractivity contribution in [3.63, 3.8) is 0 Å². The number of amides is 1. The molecule has 7 nitrogen and oxygen atoms in total. The van der Waals surface area contributed by atoms with E-state index in [2.05, 4.69) is 22.4 Å². The van der Waals surface area contributed by atoms with Crippen LogP contribution >= 0.6 is 0 Å². The zero-order valence-electron chi connectivity index (χ0n) is 17.8. The summed E-state index contributed by atoms with van der Waals surface area (Å²) in [5.74, 6) is 0.639. The molecule has 1 fully saturated rings. The summed E-state index contributed by atoms with van der Waals surface area (Å²) in [6.07, 6.45) is 6.21. The molecular weight excluding hydrogens is 378 g/mol. The predicted molar refractivity (Wildman–Crippen MR) is 118 cm³/mol. The van der Waals surface area contributed by atoms with Gasteiger partial charge in [0, 0.05) is 28.7 Å². The number of fused-ring (bicyclic) bond motifs is 1. The van der Waals surface area contributed by atoms with Gasteiger partial charge < -0.3 is 14.8 Å². The molecule has 4 rings (SSSR count). The first-order valence-corrected chi connectivity index (χ1v) is 10.6. The van der Waals surface area contributed by atoms with Gasteiger partial charge in [-0.25, -0.2) is 4.68 Å². The van der Waals surface area contributed by atoms with Crippen molar-refractivity contribution in [2.75, 3.05) is 25.5 Å². The van der Waals surface area contributed by atoms with Crippen LogP contribution in [0.15, 0.2) is 42.7 Å². The van der Waals surface area contributed by atoms with Crippen molar-refractivity contribution in [3.8, 4) is 0 Å². The molecule has 0 bridgehead atoms. The zero-order valence-corrected chi connectivity index (χ0v) is 17.8. The summed E-state index contributed by atoms with van der Waals surface area (Å²) in [6, 6.07) is 9.48. The molecule has 1 N–H and O–H groups in total. The average molecular weight is 408 g/mol. The Balaban J connectivity index is 1.60. The third-order valence-electron chi connectivity index (χ3n) is 6.10. The Morgan fingerprint density at radius 2 is 1.93 bits per heavy atom. The maximum Gasteiger partial charge on any atom is 0.248 e. The minimum atomic E-state index is -0.413. The van der Waals surface area contributed by atoms with Crippen molar-refractivity contribution in [1.29, 1.82) is 0 Å². The molecular formula is C23H29N5O2. The van der Waals surface area contributed by atoms with Gasteiger partial charge in [-0.2, -0.15) is 5.10 Å². The number of para-hydroxylation sites is 1. The summed E-state index contributed by atoms with van der Waals surface area (Å²) in [4.78, 5) is 27.7. The molecule has 158 valence electrons. The van der Waals surface area contributed by atoms with Crippen LogP contribution in [0.1, 0.15) is 55.6 Å². The molecule has 7 heteroatoms. The van der Waals surface area contributed by atoms with Crippen LogP contribution in [0.4, 0.5) is 5.82 Å². The van der Waals surface area contributed by atoms with Crippen molar-refractivity contribution in [1.82, 2.24) is 19.2 Å². The lowest BCUT2D eigenvalue weighted by Crippen LogP contribution is -2.33. The van der Waals surface area contributed by atoms with E-state index >= 15 is 0 Å². The summed E-state index contributed by atoms with van der Waals surface area (Å²) in [5, 5.41) is 8.46. The Hall–Kier alpha value is -2.93. The third kappa shape index (κ3) is 3.77. The summed E-state index contributed by atoms with van der Waals surface area (Å²) < 4.78 is 3.88. The Morgan fingerprint density at radius 3 is 2.63 bits per heavy atom. The van der Waals surface area contributed by atoms with Gasteiger partial charge in [0.25, 0.3) is 0 Å². The van der Waals surface area contributed by atoms with E-state index in [1.807, 2.05) is 52.7 Å².